The molecule has 1 saturated heterocycles. The van der Waals surface area contributed by atoms with Crippen LogP contribution in [0, 0.1) is 0 Å². The summed E-state index contributed by atoms with van der Waals surface area (Å²) in [6.07, 6.45) is 0. The molecule has 1 aromatic carbocycles. The van der Waals surface area contributed by atoms with Gasteiger partial charge in [-0.25, -0.2) is 0 Å². The summed E-state index contributed by atoms with van der Waals surface area (Å²) in [7, 11) is 0. The Morgan fingerprint density at radius 1 is 1.29 bits per heavy atom. The standard InChI is InChI=1S/C15H20N2O2S.ClH/c1-12-9-17(8-7-16-12)15(19)11-20-10-14(18)13-5-3-2-4-6-13;/h2-6,12,16H,7-11H2,1H3;1H. The van der Waals surface area contributed by atoms with E-state index in [4.69, 9.17) is 0 Å². The molecular weight excluding hydrogens is 308 g/mol. The molecule has 1 aliphatic rings. The summed E-state index contributed by atoms with van der Waals surface area (Å²) in [6, 6.07) is 9.56. The second-order valence-corrected chi connectivity index (χ2v) is 5.96. The van der Waals surface area contributed by atoms with Crippen LogP contribution < -0.4 is 5.32 Å². The van der Waals surface area contributed by atoms with Crippen molar-refractivity contribution in [3.8, 4) is 0 Å². The van der Waals surface area contributed by atoms with Gasteiger partial charge in [-0.15, -0.1) is 24.2 Å². The fourth-order valence-corrected chi connectivity index (χ4v) is 3.00. The van der Waals surface area contributed by atoms with Gasteiger partial charge in [0.2, 0.25) is 5.91 Å². The Labute approximate surface area is 136 Å². The number of piperazine rings is 1. The summed E-state index contributed by atoms with van der Waals surface area (Å²) in [5.74, 6) is 0.948. The number of halogens is 1. The Balaban J connectivity index is 0.00000220. The minimum Gasteiger partial charge on any atom is -0.339 e. The molecule has 116 valence electrons. The molecule has 1 atom stereocenters. The molecule has 1 aromatic rings. The second kappa shape index (κ2) is 9.07. The molecule has 0 aliphatic carbocycles. The van der Waals surface area contributed by atoms with Crippen LogP contribution in [0.3, 0.4) is 0 Å². The van der Waals surface area contributed by atoms with Crippen molar-refractivity contribution < 1.29 is 9.59 Å². The molecule has 0 aromatic heterocycles. The van der Waals surface area contributed by atoms with Crippen molar-refractivity contribution in [3.05, 3.63) is 35.9 Å². The number of amides is 1. The first-order chi connectivity index (χ1) is 9.66. The maximum absolute atomic E-state index is 12.0. The Morgan fingerprint density at radius 2 is 2.00 bits per heavy atom. The van der Waals surface area contributed by atoms with Crippen molar-refractivity contribution in [2.75, 3.05) is 31.1 Å². The monoisotopic (exact) mass is 328 g/mol. The summed E-state index contributed by atoms with van der Waals surface area (Å²) >= 11 is 1.40. The van der Waals surface area contributed by atoms with Crippen molar-refractivity contribution in [2.45, 2.75) is 13.0 Å². The minimum absolute atomic E-state index is 0. The van der Waals surface area contributed by atoms with Crippen molar-refractivity contribution in [1.29, 1.82) is 0 Å². The molecule has 6 heteroatoms. The van der Waals surface area contributed by atoms with Crippen LogP contribution in [0.5, 0.6) is 0 Å². The van der Waals surface area contributed by atoms with Gasteiger partial charge in [-0.05, 0) is 6.92 Å². The van der Waals surface area contributed by atoms with Gasteiger partial charge in [-0.2, -0.15) is 0 Å². The van der Waals surface area contributed by atoms with Crippen LogP contribution in [0.15, 0.2) is 30.3 Å². The highest BCUT2D eigenvalue weighted by Gasteiger charge is 2.20. The molecule has 0 bridgehead atoms. The highest BCUT2D eigenvalue weighted by atomic mass is 35.5. The average molecular weight is 329 g/mol. The van der Waals surface area contributed by atoms with E-state index in [9.17, 15) is 9.59 Å². The topological polar surface area (TPSA) is 49.4 Å². The third kappa shape index (κ3) is 5.69. The van der Waals surface area contributed by atoms with Gasteiger partial charge in [0.05, 0.1) is 11.5 Å². The first-order valence-electron chi connectivity index (χ1n) is 6.84. The van der Waals surface area contributed by atoms with Crippen LogP contribution in [0.25, 0.3) is 0 Å². The van der Waals surface area contributed by atoms with E-state index in [0.717, 1.165) is 19.6 Å². The summed E-state index contributed by atoms with van der Waals surface area (Å²) < 4.78 is 0. The number of hydrogen-bond acceptors (Lipinski definition) is 4. The third-order valence-corrected chi connectivity index (χ3v) is 4.19. The number of Topliss-reactive ketones (excluding diaryl/α,β-unsaturated/α-hetero) is 1. The average Bonchev–Trinajstić information content (AvgIpc) is 2.48. The predicted molar refractivity (Wildman–Crippen MR) is 89.4 cm³/mol. The van der Waals surface area contributed by atoms with Crippen molar-refractivity contribution in [2.24, 2.45) is 0 Å². The molecule has 2 rings (SSSR count). The normalized spacial score (nSPS) is 18.0. The molecule has 1 heterocycles. The molecule has 0 saturated carbocycles. The Kier molecular flexibility index (Phi) is 7.78. The van der Waals surface area contributed by atoms with Crippen LogP contribution >= 0.6 is 24.2 Å². The molecule has 1 N–H and O–H groups in total. The second-order valence-electron chi connectivity index (χ2n) is 4.98. The van der Waals surface area contributed by atoms with Crippen LogP contribution in [0.2, 0.25) is 0 Å². The van der Waals surface area contributed by atoms with Gasteiger partial charge in [-0.3, -0.25) is 9.59 Å². The third-order valence-electron chi connectivity index (χ3n) is 3.28. The molecule has 1 fully saturated rings. The van der Waals surface area contributed by atoms with Gasteiger partial charge in [0.1, 0.15) is 0 Å². The lowest BCUT2D eigenvalue weighted by Crippen LogP contribution is -2.51. The SMILES string of the molecule is CC1CN(C(=O)CSCC(=O)c2ccccc2)CCN1.Cl. The van der Waals surface area contributed by atoms with E-state index in [1.165, 1.54) is 11.8 Å². The maximum atomic E-state index is 12.0. The number of ketones is 1. The molecule has 1 unspecified atom stereocenters. The number of carbonyl (C=O) groups excluding carboxylic acids is 2. The van der Waals surface area contributed by atoms with E-state index in [1.807, 2.05) is 35.2 Å². The molecule has 0 radical (unpaired) electrons. The van der Waals surface area contributed by atoms with E-state index in [-0.39, 0.29) is 24.1 Å². The van der Waals surface area contributed by atoms with E-state index >= 15 is 0 Å². The first kappa shape index (κ1) is 18.0. The Bertz CT molecular complexity index is 470. The summed E-state index contributed by atoms with van der Waals surface area (Å²) in [5.41, 5.74) is 0.711. The fraction of sp³-hybridized carbons (Fsp3) is 0.467. The van der Waals surface area contributed by atoms with Gasteiger partial charge in [0.25, 0.3) is 0 Å². The zero-order valence-corrected chi connectivity index (χ0v) is 13.7. The number of thioether (sulfide) groups is 1. The molecule has 21 heavy (non-hydrogen) atoms. The van der Waals surface area contributed by atoms with Crippen LogP contribution in [-0.4, -0.2) is 53.8 Å². The van der Waals surface area contributed by atoms with Gasteiger partial charge < -0.3 is 10.2 Å². The molecule has 1 amide bonds. The van der Waals surface area contributed by atoms with Gasteiger partial charge in [0.15, 0.2) is 5.78 Å². The summed E-state index contributed by atoms with van der Waals surface area (Å²) in [4.78, 5) is 25.8. The Hall–Kier alpha value is -1.04. The van der Waals surface area contributed by atoms with E-state index in [0.29, 0.717) is 23.1 Å². The lowest BCUT2D eigenvalue weighted by molar-refractivity contribution is -0.129. The number of nitrogens with one attached hydrogen (secondary N) is 1. The highest BCUT2D eigenvalue weighted by molar-refractivity contribution is 8.00. The van der Waals surface area contributed by atoms with E-state index in [1.54, 1.807) is 0 Å². The van der Waals surface area contributed by atoms with Crippen molar-refractivity contribution in [1.82, 2.24) is 10.2 Å². The summed E-state index contributed by atoms with van der Waals surface area (Å²) in [5, 5.41) is 3.31. The van der Waals surface area contributed by atoms with Gasteiger partial charge in [-0.1, -0.05) is 30.3 Å². The largest absolute Gasteiger partial charge is 0.339 e. The Morgan fingerprint density at radius 3 is 2.67 bits per heavy atom. The number of rotatable bonds is 5. The lowest BCUT2D eigenvalue weighted by Gasteiger charge is -2.31. The van der Waals surface area contributed by atoms with Gasteiger partial charge in [0, 0.05) is 31.2 Å². The first-order valence-corrected chi connectivity index (χ1v) is 7.99. The van der Waals surface area contributed by atoms with E-state index in [2.05, 4.69) is 12.2 Å². The number of carbonyl (C=O) groups is 2. The van der Waals surface area contributed by atoms with Crippen molar-refractivity contribution >= 4 is 35.9 Å². The van der Waals surface area contributed by atoms with Crippen LogP contribution in [0.4, 0.5) is 0 Å². The van der Waals surface area contributed by atoms with E-state index < -0.39 is 0 Å². The molecule has 1 aliphatic heterocycles. The summed E-state index contributed by atoms with van der Waals surface area (Å²) in [6.45, 7) is 4.44. The number of benzene rings is 1. The maximum Gasteiger partial charge on any atom is 0.232 e. The van der Waals surface area contributed by atoms with Gasteiger partial charge >= 0.3 is 0 Å². The molecular formula is C15H21ClN2O2S. The lowest BCUT2D eigenvalue weighted by atomic mass is 10.2. The number of nitrogens with zero attached hydrogens (tertiary/aromatic N) is 1. The minimum atomic E-state index is 0. The zero-order chi connectivity index (χ0) is 14.4. The smallest absolute Gasteiger partial charge is 0.232 e. The van der Waals surface area contributed by atoms with Crippen molar-refractivity contribution in [3.63, 3.8) is 0 Å². The van der Waals surface area contributed by atoms with Crippen LogP contribution in [0.1, 0.15) is 17.3 Å². The van der Waals surface area contributed by atoms with Crippen LogP contribution in [-0.2, 0) is 4.79 Å². The molecule has 0 spiro atoms. The fourth-order valence-electron chi connectivity index (χ4n) is 2.19. The quantitative estimate of drug-likeness (QED) is 0.838. The highest BCUT2D eigenvalue weighted by Crippen LogP contribution is 2.09. The number of hydrogen-bond donors (Lipinski definition) is 1. The molecule has 4 nitrogen and oxygen atoms in total. The predicted octanol–water partition coefficient (Wildman–Crippen LogP) is 1.84. The zero-order valence-electron chi connectivity index (χ0n) is 12.1.